The summed E-state index contributed by atoms with van der Waals surface area (Å²) < 4.78 is 14.1. The largest absolute Gasteiger partial charge is 0.508 e. The lowest BCUT2D eigenvalue weighted by atomic mass is 9.98. The number of phenols is 2. The molecule has 0 fully saturated rings. The molecule has 0 saturated carbocycles. The summed E-state index contributed by atoms with van der Waals surface area (Å²) in [5.41, 5.74) is 0.775. The number of benzene rings is 2. The molecule has 2 N–H and O–H groups in total. The zero-order valence-electron chi connectivity index (χ0n) is 14.1. The van der Waals surface area contributed by atoms with Crippen LogP contribution in [0.5, 0.6) is 11.5 Å². The van der Waals surface area contributed by atoms with Crippen molar-refractivity contribution >= 4 is 11.6 Å². The molecule has 0 aliphatic rings. The summed E-state index contributed by atoms with van der Waals surface area (Å²) in [6.45, 7) is 5.95. The van der Waals surface area contributed by atoms with Crippen molar-refractivity contribution in [2.45, 2.75) is 33.1 Å². The van der Waals surface area contributed by atoms with Crippen LogP contribution >= 0.6 is 0 Å². The van der Waals surface area contributed by atoms with Gasteiger partial charge in [-0.25, -0.2) is 4.39 Å². The minimum Gasteiger partial charge on any atom is -0.508 e. The van der Waals surface area contributed by atoms with Gasteiger partial charge in [-0.15, -0.1) is 0 Å². The van der Waals surface area contributed by atoms with Crippen LogP contribution in [0.15, 0.2) is 36.4 Å². The quantitative estimate of drug-likeness (QED) is 0.853. The van der Waals surface area contributed by atoms with Gasteiger partial charge >= 0.3 is 0 Å². The number of hydrogen-bond donors (Lipinski definition) is 2. The van der Waals surface area contributed by atoms with E-state index in [-0.39, 0.29) is 28.7 Å². The van der Waals surface area contributed by atoms with Gasteiger partial charge in [0, 0.05) is 12.6 Å². The number of amides is 1. The maximum absolute atomic E-state index is 14.1. The van der Waals surface area contributed by atoms with E-state index in [0.29, 0.717) is 18.5 Å². The molecule has 0 aromatic heterocycles. The molecule has 2 aromatic carbocycles. The first-order valence-corrected chi connectivity index (χ1v) is 7.99. The van der Waals surface area contributed by atoms with Crippen molar-refractivity contribution in [3.05, 3.63) is 53.3 Å². The first-order valence-electron chi connectivity index (χ1n) is 7.99. The Bertz CT molecular complexity index is 743. The molecule has 0 aliphatic carbocycles. The first kappa shape index (κ1) is 17.8. The number of rotatable bonds is 5. The Morgan fingerprint density at radius 1 is 1.17 bits per heavy atom. The summed E-state index contributed by atoms with van der Waals surface area (Å²) in [5, 5.41) is 20.0. The number of anilines is 1. The Balaban J connectivity index is 2.51. The van der Waals surface area contributed by atoms with E-state index < -0.39 is 11.7 Å². The lowest BCUT2D eigenvalue weighted by molar-refractivity contribution is 0.0983. The molecule has 0 spiro atoms. The van der Waals surface area contributed by atoms with Crippen LogP contribution in [0.4, 0.5) is 10.1 Å². The van der Waals surface area contributed by atoms with Crippen molar-refractivity contribution in [3.63, 3.8) is 0 Å². The molecular formula is C19H22FNO3. The Kier molecular flexibility index (Phi) is 5.44. The number of nitrogens with zero attached hydrogens (tertiary/aromatic N) is 1. The van der Waals surface area contributed by atoms with Gasteiger partial charge in [0.15, 0.2) is 0 Å². The van der Waals surface area contributed by atoms with E-state index in [4.69, 9.17) is 0 Å². The highest BCUT2D eigenvalue weighted by atomic mass is 19.1. The molecule has 24 heavy (non-hydrogen) atoms. The molecule has 2 aromatic rings. The summed E-state index contributed by atoms with van der Waals surface area (Å²) in [4.78, 5) is 14.2. The van der Waals surface area contributed by atoms with E-state index in [1.54, 1.807) is 12.1 Å². The van der Waals surface area contributed by atoms with Gasteiger partial charge in [-0.1, -0.05) is 32.9 Å². The monoisotopic (exact) mass is 331 g/mol. The van der Waals surface area contributed by atoms with Crippen LogP contribution in [0.3, 0.4) is 0 Å². The highest BCUT2D eigenvalue weighted by Crippen LogP contribution is 2.33. The Morgan fingerprint density at radius 2 is 1.83 bits per heavy atom. The molecular weight excluding hydrogens is 309 g/mol. The third-order valence-electron chi connectivity index (χ3n) is 3.83. The van der Waals surface area contributed by atoms with Gasteiger partial charge in [0.1, 0.15) is 17.3 Å². The van der Waals surface area contributed by atoms with Gasteiger partial charge in [-0.05, 0) is 36.1 Å². The predicted molar refractivity (Wildman–Crippen MR) is 92.2 cm³/mol. The molecule has 5 heteroatoms. The second-order valence-corrected chi connectivity index (χ2v) is 5.99. The maximum atomic E-state index is 14.1. The van der Waals surface area contributed by atoms with Crippen LogP contribution < -0.4 is 4.90 Å². The third-order valence-corrected chi connectivity index (χ3v) is 3.83. The van der Waals surface area contributed by atoms with Crippen molar-refractivity contribution in [1.82, 2.24) is 0 Å². The number of para-hydroxylation sites is 1. The molecule has 0 heterocycles. The number of phenolic OH excluding ortho intramolecular Hbond substituents is 2. The highest BCUT2D eigenvalue weighted by molar-refractivity contribution is 6.08. The van der Waals surface area contributed by atoms with Gasteiger partial charge < -0.3 is 15.1 Å². The molecule has 2 rings (SSSR count). The van der Waals surface area contributed by atoms with Crippen LogP contribution in [0.1, 0.15) is 49.0 Å². The molecule has 0 bridgehead atoms. The lowest BCUT2D eigenvalue weighted by Crippen LogP contribution is -2.32. The first-order chi connectivity index (χ1) is 11.4. The number of aromatic hydroxyl groups is 2. The smallest absolute Gasteiger partial charge is 0.262 e. The van der Waals surface area contributed by atoms with E-state index in [1.165, 1.54) is 23.1 Å². The van der Waals surface area contributed by atoms with E-state index in [0.717, 1.165) is 6.07 Å². The van der Waals surface area contributed by atoms with Crippen molar-refractivity contribution in [2.75, 3.05) is 11.4 Å². The summed E-state index contributed by atoms with van der Waals surface area (Å²) in [7, 11) is 0. The average molecular weight is 331 g/mol. The zero-order chi connectivity index (χ0) is 17.9. The molecule has 0 atom stereocenters. The van der Waals surface area contributed by atoms with Gasteiger partial charge in [0.25, 0.3) is 5.91 Å². The summed E-state index contributed by atoms with van der Waals surface area (Å²) in [6.07, 6.45) is 0.635. The van der Waals surface area contributed by atoms with Crippen LogP contribution in [0, 0.1) is 5.82 Å². The minimum atomic E-state index is -0.499. The Hall–Kier alpha value is -2.56. The predicted octanol–water partition coefficient (Wildman–Crippen LogP) is 4.42. The van der Waals surface area contributed by atoms with Crippen LogP contribution in [-0.4, -0.2) is 22.7 Å². The van der Waals surface area contributed by atoms with Gasteiger partial charge in [-0.3, -0.25) is 4.79 Å². The Labute approximate surface area is 141 Å². The standard InChI is InChI=1S/C19H22FNO3/c1-4-9-21(16-8-6-5-7-15(16)20)19(24)14-10-13(12(2)3)17(22)11-18(14)23/h5-8,10-12,22-23H,4,9H2,1-3H3. The van der Waals surface area contributed by atoms with E-state index in [2.05, 4.69) is 0 Å². The Morgan fingerprint density at radius 3 is 2.42 bits per heavy atom. The number of carbonyl (C=O) groups is 1. The normalized spacial score (nSPS) is 10.9. The minimum absolute atomic E-state index is 0.0229. The number of halogens is 1. The molecule has 128 valence electrons. The van der Waals surface area contributed by atoms with Crippen LogP contribution in [-0.2, 0) is 0 Å². The van der Waals surface area contributed by atoms with Gasteiger partial charge in [-0.2, -0.15) is 0 Å². The van der Waals surface area contributed by atoms with E-state index in [9.17, 15) is 19.4 Å². The van der Waals surface area contributed by atoms with Crippen molar-refractivity contribution < 1.29 is 19.4 Å². The van der Waals surface area contributed by atoms with Gasteiger partial charge in [0.2, 0.25) is 0 Å². The average Bonchev–Trinajstić information content (AvgIpc) is 2.52. The fourth-order valence-corrected chi connectivity index (χ4v) is 2.60. The highest BCUT2D eigenvalue weighted by Gasteiger charge is 2.24. The summed E-state index contributed by atoms with van der Waals surface area (Å²) in [6, 6.07) is 8.67. The van der Waals surface area contributed by atoms with Crippen molar-refractivity contribution in [2.24, 2.45) is 0 Å². The molecule has 0 aliphatic heterocycles. The fraction of sp³-hybridized carbons (Fsp3) is 0.316. The summed E-state index contributed by atoms with van der Waals surface area (Å²) >= 11 is 0. The van der Waals surface area contributed by atoms with Crippen molar-refractivity contribution in [3.8, 4) is 11.5 Å². The summed E-state index contributed by atoms with van der Waals surface area (Å²) in [5.74, 6) is -1.40. The maximum Gasteiger partial charge on any atom is 0.262 e. The molecule has 0 saturated heterocycles. The third kappa shape index (κ3) is 3.50. The molecule has 0 unspecified atom stereocenters. The fourth-order valence-electron chi connectivity index (χ4n) is 2.60. The second-order valence-electron chi connectivity index (χ2n) is 5.99. The zero-order valence-corrected chi connectivity index (χ0v) is 14.1. The molecule has 4 nitrogen and oxygen atoms in total. The van der Waals surface area contributed by atoms with Crippen LogP contribution in [0.2, 0.25) is 0 Å². The van der Waals surface area contributed by atoms with Gasteiger partial charge in [0.05, 0.1) is 11.3 Å². The lowest BCUT2D eigenvalue weighted by Gasteiger charge is -2.24. The molecule has 0 radical (unpaired) electrons. The topological polar surface area (TPSA) is 60.8 Å². The van der Waals surface area contributed by atoms with Crippen molar-refractivity contribution in [1.29, 1.82) is 0 Å². The van der Waals surface area contributed by atoms with E-state index >= 15 is 0 Å². The number of hydrogen-bond acceptors (Lipinski definition) is 3. The molecule has 1 amide bonds. The number of carbonyl (C=O) groups excluding carboxylic acids is 1. The van der Waals surface area contributed by atoms with Crippen LogP contribution in [0.25, 0.3) is 0 Å². The second kappa shape index (κ2) is 7.34. The van der Waals surface area contributed by atoms with E-state index in [1.807, 2.05) is 20.8 Å². The SMILES string of the molecule is CCCN(C(=O)c1cc(C(C)C)c(O)cc1O)c1ccccc1F.